The number of nitrogens with one attached hydrogen (secondary N) is 2. The van der Waals surface area contributed by atoms with Crippen LogP contribution in [0.1, 0.15) is 48.2 Å². The normalized spacial score (nSPS) is 15.0. The molecule has 0 saturated carbocycles. The molecule has 3 rings (SSSR count). The second kappa shape index (κ2) is 9.78. The van der Waals surface area contributed by atoms with Crippen LogP contribution in [0.2, 0.25) is 0 Å². The van der Waals surface area contributed by atoms with Crippen molar-refractivity contribution in [1.29, 1.82) is 0 Å². The van der Waals surface area contributed by atoms with Crippen molar-refractivity contribution in [3.05, 3.63) is 46.8 Å². The molecule has 0 bridgehead atoms. The van der Waals surface area contributed by atoms with Crippen molar-refractivity contribution in [1.82, 2.24) is 14.9 Å². The standard InChI is InChI=1S/C22H30N6S/c1-15-9-10-19(13-16(15)2)25-22(29)27-21(28-11-7-5-6-8-12-28)26-20-23-17(3)14-18(4)24-20/h9-10,13-14H,5-8,11-12H2,1-4H3,(H2,23,24,25,26,27,29). The first kappa shape index (κ1) is 21.2. The Labute approximate surface area is 178 Å². The van der Waals surface area contributed by atoms with E-state index in [2.05, 4.69) is 51.5 Å². The van der Waals surface area contributed by atoms with E-state index in [4.69, 9.17) is 17.2 Å². The van der Waals surface area contributed by atoms with Gasteiger partial charge >= 0.3 is 0 Å². The van der Waals surface area contributed by atoms with Gasteiger partial charge in [-0.15, -0.1) is 0 Å². The lowest BCUT2D eigenvalue weighted by molar-refractivity contribution is 0.434. The number of aliphatic imine (C=N–C) groups is 1. The van der Waals surface area contributed by atoms with Crippen molar-refractivity contribution in [2.24, 2.45) is 4.99 Å². The summed E-state index contributed by atoms with van der Waals surface area (Å²) in [4.78, 5) is 16.0. The molecule has 1 saturated heterocycles. The zero-order chi connectivity index (χ0) is 20.8. The Kier molecular flexibility index (Phi) is 7.14. The van der Waals surface area contributed by atoms with Crippen LogP contribution in [0.4, 0.5) is 11.6 Å². The van der Waals surface area contributed by atoms with Gasteiger partial charge in [0.2, 0.25) is 17.0 Å². The number of nitrogens with zero attached hydrogens (tertiary/aromatic N) is 4. The quantitative estimate of drug-likeness (QED) is 0.423. The minimum Gasteiger partial charge on any atom is -0.342 e. The molecule has 2 N–H and O–H groups in total. The van der Waals surface area contributed by atoms with E-state index >= 15 is 0 Å². The van der Waals surface area contributed by atoms with Gasteiger partial charge in [-0.1, -0.05) is 18.9 Å². The molecule has 1 aromatic carbocycles. The minimum absolute atomic E-state index is 0.421. The lowest BCUT2D eigenvalue weighted by atomic mass is 10.1. The van der Waals surface area contributed by atoms with Crippen molar-refractivity contribution >= 4 is 34.9 Å². The fourth-order valence-corrected chi connectivity index (χ4v) is 3.61. The predicted octanol–water partition coefficient (Wildman–Crippen LogP) is 4.75. The van der Waals surface area contributed by atoms with Crippen molar-refractivity contribution in [3.8, 4) is 0 Å². The minimum atomic E-state index is 0.421. The summed E-state index contributed by atoms with van der Waals surface area (Å²) in [5.41, 5.74) is 5.26. The third-order valence-corrected chi connectivity index (χ3v) is 5.27. The summed E-state index contributed by atoms with van der Waals surface area (Å²) < 4.78 is 0. The SMILES string of the molecule is Cc1cc(C)nc(N/C(=N\C(=S)Nc2ccc(C)c(C)c2)N2CCCCCC2)n1. The fourth-order valence-electron chi connectivity index (χ4n) is 3.41. The number of guanidine groups is 1. The smallest absolute Gasteiger partial charge is 0.229 e. The molecule has 2 heterocycles. The van der Waals surface area contributed by atoms with E-state index in [-0.39, 0.29) is 0 Å². The van der Waals surface area contributed by atoms with Crippen LogP contribution in [0.5, 0.6) is 0 Å². The fraction of sp³-hybridized carbons (Fsp3) is 0.455. The van der Waals surface area contributed by atoms with Crippen molar-refractivity contribution in [3.63, 3.8) is 0 Å². The summed E-state index contributed by atoms with van der Waals surface area (Å²) in [6, 6.07) is 8.15. The van der Waals surface area contributed by atoms with Gasteiger partial charge in [0.1, 0.15) is 0 Å². The lowest BCUT2D eigenvalue weighted by Crippen LogP contribution is -2.38. The molecule has 0 radical (unpaired) electrons. The molecule has 0 atom stereocenters. The van der Waals surface area contributed by atoms with Gasteiger partial charge in [0, 0.05) is 30.2 Å². The molecule has 2 aromatic rings. The van der Waals surface area contributed by atoms with Crippen LogP contribution in [0.3, 0.4) is 0 Å². The number of benzene rings is 1. The Morgan fingerprint density at radius 2 is 1.55 bits per heavy atom. The third-order valence-electron chi connectivity index (χ3n) is 5.08. The first-order valence-corrected chi connectivity index (χ1v) is 10.6. The maximum Gasteiger partial charge on any atom is 0.229 e. The van der Waals surface area contributed by atoms with Crippen LogP contribution in [0, 0.1) is 27.7 Å². The first-order chi connectivity index (χ1) is 13.9. The number of anilines is 2. The summed E-state index contributed by atoms with van der Waals surface area (Å²) in [5, 5.41) is 6.98. The summed E-state index contributed by atoms with van der Waals surface area (Å²) in [6.45, 7) is 10.0. The van der Waals surface area contributed by atoms with Gasteiger partial charge < -0.3 is 10.2 Å². The average molecular weight is 411 g/mol. The van der Waals surface area contributed by atoms with E-state index in [0.29, 0.717) is 17.0 Å². The molecule has 1 aromatic heterocycles. The van der Waals surface area contributed by atoms with Crippen molar-refractivity contribution in [2.75, 3.05) is 23.7 Å². The topological polar surface area (TPSA) is 65.4 Å². The molecule has 0 unspecified atom stereocenters. The maximum atomic E-state index is 5.55. The van der Waals surface area contributed by atoms with E-state index in [1.165, 1.54) is 24.0 Å². The molecule has 0 spiro atoms. The number of rotatable bonds is 2. The van der Waals surface area contributed by atoms with Crippen LogP contribution in [0.15, 0.2) is 29.3 Å². The highest BCUT2D eigenvalue weighted by molar-refractivity contribution is 7.80. The molecular weight excluding hydrogens is 380 g/mol. The Balaban J connectivity index is 1.83. The second-order valence-electron chi connectivity index (χ2n) is 7.67. The molecule has 154 valence electrons. The maximum absolute atomic E-state index is 5.55. The van der Waals surface area contributed by atoms with Gasteiger partial charge in [0.05, 0.1) is 0 Å². The molecule has 0 amide bonds. The average Bonchev–Trinajstić information content (AvgIpc) is 2.93. The van der Waals surface area contributed by atoms with Gasteiger partial charge in [-0.25, -0.2) is 9.97 Å². The molecule has 7 heteroatoms. The molecule has 1 aliphatic rings. The van der Waals surface area contributed by atoms with E-state index in [1.54, 1.807) is 0 Å². The van der Waals surface area contributed by atoms with Crippen LogP contribution < -0.4 is 10.6 Å². The largest absolute Gasteiger partial charge is 0.342 e. The second-order valence-corrected chi connectivity index (χ2v) is 8.05. The monoisotopic (exact) mass is 410 g/mol. The highest BCUT2D eigenvalue weighted by Gasteiger charge is 2.16. The number of hydrogen-bond acceptors (Lipinski definition) is 3. The van der Waals surface area contributed by atoms with Crippen LogP contribution >= 0.6 is 12.2 Å². The Morgan fingerprint density at radius 1 is 0.897 bits per heavy atom. The van der Waals surface area contributed by atoms with Gasteiger partial charge in [-0.2, -0.15) is 4.99 Å². The zero-order valence-corrected chi connectivity index (χ0v) is 18.6. The Morgan fingerprint density at radius 3 is 2.17 bits per heavy atom. The van der Waals surface area contributed by atoms with Crippen LogP contribution in [-0.2, 0) is 0 Å². The zero-order valence-electron chi connectivity index (χ0n) is 17.7. The van der Waals surface area contributed by atoms with Crippen molar-refractivity contribution < 1.29 is 0 Å². The number of aromatic nitrogens is 2. The lowest BCUT2D eigenvalue weighted by Gasteiger charge is -2.24. The Hall–Kier alpha value is -2.54. The highest BCUT2D eigenvalue weighted by atomic mass is 32.1. The number of aryl methyl sites for hydroxylation is 4. The number of likely N-dealkylation sites (tertiary alicyclic amines) is 1. The number of thiocarbonyl (C=S) groups is 1. The van der Waals surface area contributed by atoms with Crippen molar-refractivity contribution in [2.45, 2.75) is 53.4 Å². The summed E-state index contributed by atoms with van der Waals surface area (Å²) in [5.74, 6) is 1.26. The highest BCUT2D eigenvalue weighted by Crippen LogP contribution is 2.16. The van der Waals surface area contributed by atoms with E-state index < -0.39 is 0 Å². The van der Waals surface area contributed by atoms with E-state index in [1.807, 2.05) is 26.0 Å². The van der Waals surface area contributed by atoms with Gasteiger partial charge in [-0.05, 0) is 82.1 Å². The van der Waals surface area contributed by atoms with E-state index in [0.717, 1.165) is 43.0 Å². The Bertz CT molecular complexity index is 880. The first-order valence-electron chi connectivity index (χ1n) is 10.2. The van der Waals surface area contributed by atoms with Crippen LogP contribution in [0.25, 0.3) is 0 Å². The van der Waals surface area contributed by atoms with Gasteiger partial charge in [-0.3, -0.25) is 5.32 Å². The predicted molar refractivity (Wildman–Crippen MR) is 125 cm³/mol. The summed E-state index contributed by atoms with van der Waals surface area (Å²) in [7, 11) is 0. The molecule has 6 nitrogen and oxygen atoms in total. The summed E-state index contributed by atoms with van der Waals surface area (Å²) in [6.07, 6.45) is 4.78. The van der Waals surface area contributed by atoms with E-state index in [9.17, 15) is 0 Å². The van der Waals surface area contributed by atoms with Crippen LogP contribution in [-0.4, -0.2) is 39.0 Å². The molecule has 0 aliphatic carbocycles. The van der Waals surface area contributed by atoms with Gasteiger partial charge in [0.15, 0.2) is 0 Å². The molecule has 1 fully saturated rings. The number of hydrogen-bond donors (Lipinski definition) is 2. The summed E-state index contributed by atoms with van der Waals surface area (Å²) >= 11 is 5.55. The third kappa shape index (κ3) is 6.22. The van der Waals surface area contributed by atoms with Gasteiger partial charge in [0.25, 0.3) is 0 Å². The molecule has 29 heavy (non-hydrogen) atoms. The molecular formula is C22H30N6S. The molecule has 1 aliphatic heterocycles.